The molecule has 0 aliphatic carbocycles. The number of carbonyl (C=O) groups is 1. The average molecular weight is 361 g/mol. The van der Waals surface area contributed by atoms with Gasteiger partial charge in [-0.15, -0.1) is 0 Å². The maximum Gasteiger partial charge on any atom is 0.263 e. The molecule has 6 nitrogen and oxygen atoms in total. The number of fused-ring (bicyclic) bond motifs is 2. The highest BCUT2D eigenvalue weighted by molar-refractivity contribution is 5.97. The van der Waals surface area contributed by atoms with E-state index in [0.717, 1.165) is 17.7 Å². The van der Waals surface area contributed by atoms with Crippen molar-refractivity contribution in [2.75, 3.05) is 11.7 Å². The Morgan fingerprint density at radius 3 is 2.96 bits per heavy atom. The summed E-state index contributed by atoms with van der Waals surface area (Å²) in [5.74, 6) is 0.969. The molecule has 0 fully saturated rings. The lowest BCUT2D eigenvalue weighted by atomic mass is 10.1. The van der Waals surface area contributed by atoms with E-state index < -0.39 is 5.91 Å². The van der Waals surface area contributed by atoms with Gasteiger partial charge in [-0.1, -0.05) is 24.3 Å². The Hall–Kier alpha value is -3.46. The lowest BCUT2D eigenvalue weighted by molar-refractivity contribution is -0.117. The minimum Gasteiger partial charge on any atom is -0.454 e. The highest BCUT2D eigenvalue weighted by Gasteiger charge is 2.25. The zero-order valence-electron chi connectivity index (χ0n) is 14.9. The molecule has 2 aromatic carbocycles. The van der Waals surface area contributed by atoms with Crippen molar-refractivity contribution in [3.8, 4) is 17.6 Å². The van der Waals surface area contributed by atoms with Crippen LogP contribution in [0.5, 0.6) is 11.5 Å². The molecule has 2 aliphatic rings. The Labute approximate surface area is 157 Å². The van der Waals surface area contributed by atoms with Gasteiger partial charge in [-0.2, -0.15) is 5.26 Å². The smallest absolute Gasteiger partial charge is 0.263 e. The van der Waals surface area contributed by atoms with Crippen molar-refractivity contribution in [1.29, 1.82) is 5.26 Å². The second kappa shape index (κ2) is 7.04. The molecule has 0 spiro atoms. The van der Waals surface area contributed by atoms with Crippen molar-refractivity contribution >= 4 is 11.6 Å². The second-order valence-electron chi connectivity index (χ2n) is 6.61. The largest absolute Gasteiger partial charge is 0.454 e. The summed E-state index contributed by atoms with van der Waals surface area (Å²) >= 11 is 0. The lowest BCUT2D eigenvalue weighted by Crippen LogP contribution is -2.28. The predicted molar refractivity (Wildman–Crippen MR) is 100 cm³/mol. The summed E-state index contributed by atoms with van der Waals surface area (Å²) in [7, 11) is 0. The summed E-state index contributed by atoms with van der Waals surface area (Å²) in [4.78, 5) is 14.5. The minimum absolute atomic E-state index is 0.0827. The van der Waals surface area contributed by atoms with E-state index in [9.17, 15) is 10.1 Å². The fourth-order valence-corrected chi connectivity index (χ4v) is 3.39. The van der Waals surface area contributed by atoms with E-state index in [4.69, 9.17) is 9.47 Å². The van der Waals surface area contributed by atoms with Gasteiger partial charge in [0.05, 0.1) is 0 Å². The van der Waals surface area contributed by atoms with Crippen molar-refractivity contribution in [3.63, 3.8) is 0 Å². The van der Waals surface area contributed by atoms with Gasteiger partial charge in [0.15, 0.2) is 11.5 Å². The Kier molecular flexibility index (Phi) is 4.43. The lowest BCUT2D eigenvalue weighted by Gasteiger charge is -2.20. The molecule has 1 N–H and O–H groups in total. The number of nitriles is 1. The first-order chi connectivity index (χ1) is 13.2. The van der Waals surface area contributed by atoms with Gasteiger partial charge < -0.3 is 19.7 Å². The third kappa shape index (κ3) is 3.32. The van der Waals surface area contributed by atoms with Crippen LogP contribution in [0.25, 0.3) is 0 Å². The Morgan fingerprint density at radius 1 is 1.30 bits per heavy atom. The van der Waals surface area contributed by atoms with Crippen LogP contribution >= 0.6 is 0 Å². The van der Waals surface area contributed by atoms with Crippen LogP contribution in [0.15, 0.2) is 54.2 Å². The molecule has 0 saturated heterocycles. The predicted octanol–water partition coefficient (Wildman–Crippen LogP) is 2.89. The molecule has 1 atom stereocenters. The standard InChI is InChI=1S/C21H19N3O3/c1-14-8-16-4-2-3-5-18(16)24(14)12-17(10-22)21(25)23-11-15-6-7-19-20(9-15)27-13-26-19/h2-7,9,12,14H,8,11,13H2,1H3,(H,23,25)/b17-12-. The first kappa shape index (κ1) is 17.0. The summed E-state index contributed by atoms with van der Waals surface area (Å²) < 4.78 is 10.6. The van der Waals surface area contributed by atoms with Crippen LogP contribution in [0.4, 0.5) is 5.69 Å². The number of benzene rings is 2. The number of nitrogens with one attached hydrogen (secondary N) is 1. The zero-order valence-corrected chi connectivity index (χ0v) is 14.9. The monoisotopic (exact) mass is 361 g/mol. The summed E-state index contributed by atoms with van der Waals surface area (Å²) in [5, 5.41) is 12.3. The van der Waals surface area contributed by atoms with Gasteiger partial charge in [0, 0.05) is 24.5 Å². The quantitative estimate of drug-likeness (QED) is 0.669. The Morgan fingerprint density at radius 2 is 2.11 bits per heavy atom. The molecule has 1 unspecified atom stereocenters. The van der Waals surface area contributed by atoms with Crippen molar-refractivity contribution in [3.05, 3.63) is 65.4 Å². The van der Waals surface area contributed by atoms with Crippen LogP contribution in [-0.4, -0.2) is 18.7 Å². The molecule has 1 amide bonds. The number of rotatable bonds is 4. The van der Waals surface area contributed by atoms with Crippen molar-refractivity contribution in [2.45, 2.75) is 25.9 Å². The number of hydrogen-bond acceptors (Lipinski definition) is 5. The highest BCUT2D eigenvalue weighted by atomic mass is 16.7. The maximum absolute atomic E-state index is 12.5. The molecular formula is C21H19N3O3. The van der Waals surface area contributed by atoms with Gasteiger partial charge in [0.2, 0.25) is 6.79 Å². The molecule has 4 rings (SSSR count). The average Bonchev–Trinajstić information content (AvgIpc) is 3.27. The Bertz CT molecular complexity index is 961. The molecule has 0 radical (unpaired) electrons. The summed E-state index contributed by atoms with van der Waals surface area (Å²) in [6.07, 6.45) is 2.54. The second-order valence-corrected chi connectivity index (χ2v) is 6.61. The number of anilines is 1. The minimum atomic E-state index is -0.397. The normalized spacial score (nSPS) is 17.4. The van der Waals surface area contributed by atoms with E-state index in [2.05, 4.69) is 18.3 Å². The topological polar surface area (TPSA) is 74.6 Å². The summed E-state index contributed by atoms with van der Waals surface area (Å²) in [5.41, 5.74) is 3.23. The van der Waals surface area contributed by atoms with Crippen LogP contribution in [0.2, 0.25) is 0 Å². The van der Waals surface area contributed by atoms with E-state index in [1.165, 1.54) is 5.56 Å². The molecule has 2 aromatic rings. The Balaban J connectivity index is 1.47. The number of ether oxygens (including phenoxy) is 2. The van der Waals surface area contributed by atoms with Gasteiger partial charge in [-0.05, 0) is 42.7 Å². The van der Waals surface area contributed by atoms with E-state index in [0.29, 0.717) is 18.0 Å². The molecule has 0 saturated carbocycles. The van der Waals surface area contributed by atoms with Crippen LogP contribution in [-0.2, 0) is 17.8 Å². The van der Waals surface area contributed by atoms with Crippen molar-refractivity contribution in [1.82, 2.24) is 5.32 Å². The molecule has 6 heteroatoms. The van der Waals surface area contributed by atoms with Crippen molar-refractivity contribution < 1.29 is 14.3 Å². The first-order valence-electron chi connectivity index (χ1n) is 8.80. The van der Waals surface area contributed by atoms with Gasteiger partial charge in [-0.25, -0.2) is 0 Å². The molecule has 2 heterocycles. The maximum atomic E-state index is 12.5. The van der Waals surface area contributed by atoms with E-state index in [1.54, 1.807) is 6.20 Å². The van der Waals surface area contributed by atoms with E-state index >= 15 is 0 Å². The van der Waals surface area contributed by atoms with Gasteiger partial charge in [0.1, 0.15) is 11.6 Å². The number of carbonyl (C=O) groups excluding carboxylic acids is 1. The van der Waals surface area contributed by atoms with Gasteiger partial charge in [-0.3, -0.25) is 4.79 Å². The number of hydrogen-bond donors (Lipinski definition) is 1. The van der Waals surface area contributed by atoms with E-state index in [1.807, 2.05) is 47.4 Å². The van der Waals surface area contributed by atoms with Crippen LogP contribution < -0.4 is 19.7 Å². The SMILES string of the molecule is CC1Cc2ccccc2N1/C=C(/C#N)C(=O)NCc1ccc2c(c1)OCO2. The summed E-state index contributed by atoms with van der Waals surface area (Å²) in [6, 6.07) is 15.8. The fraction of sp³-hybridized carbons (Fsp3) is 0.238. The number of nitrogens with zero attached hydrogens (tertiary/aromatic N) is 2. The third-order valence-corrected chi connectivity index (χ3v) is 4.78. The highest BCUT2D eigenvalue weighted by Crippen LogP contribution is 2.33. The number of para-hydroxylation sites is 1. The number of amides is 1. The van der Waals surface area contributed by atoms with Crippen LogP contribution in [0.3, 0.4) is 0 Å². The molecule has 0 aromatic heterocycles. The fourth-order valence-electron chi connectivity index (χ4n) is 3.39. The molecule has 2 aliphatic heterocycles. The zero-order chi connectivity index (χ0) is 18.8. The van der Waals surface area contributed by atoms with E-state index in [-0.39, 0.29) is 18.4 Å². The van der Waals surface area contributed by atoms with Crippen LogP contribution in [0.1, 0.15) is 18.1 Å². The molecule has 27 heavy (non-hydrogen) atoms. The van der Waals surface area contributed by atoms with Gasteiger partial charge in [0.25, 0.3) is 5.91 Å². The first-order valence-corrected chi connectivity index (χ1v) is 8.80. The van der Waals surface area contributed by atoms with Gasteiger partial charge >= 0.3 is 0 Å². The molecule has 136 valence electrons. The molecular weight excluding hydrogens is 342 g/mol. The molecule has 0 bridgehead atoms. The summed E-state index contributed by atoms with van der Waals surface area (Å²) in [6.45, 7) is 2.60. The van der Waals surface area contributed by atoms with Crippen LogP contribution in [0, 0.1) is 11.3 Å². The van der Waals surface area contributed by atoms with Crippen molar-refractivity contribution in [2.24, 2.45) is 0 Å². The third-order valence-electron chi connectivity index (χ3n) is 4.78.